The lowest BCUT2D eigenvalue weighted by atomic mass is 10.2. The van der Waals surface area contributed by atoms with Gasteiger partial charge < -0.3 is 14.8 Å². The second-order valence-corrected chi connectivity index (χ2v) is 9.80. The van der Waals surface area contributed by atoms with E-state index in [2.05, 4.69) is 11.9 Å². The number of hydrogen-bond acceptors (Lipinski definition) is 7. The van der Waals surface area contributed by atoms with Crippen LogP contribution in [0, 0.1) is 0 Å². The van der Waals surface area contributed by atoms with Gasteiger partial charge in [0, 0.05) is 18.7 Å². The van der Waals surface area contributed by atoms with E-state index in [1.807, 2.05) is 0 Å². The summed E-state index contributed by atoms with van der Waals surface area (Å²) in [5, 5.41) is 1.88. The van der Waals surface area contributed by atoms with E-state index in [1.54, 1.807) is 6.08 Å². The van der Waals surface area contributed by atoms with Crippen LogP contribution in [0.25, 0.3) is 0 Å². The van der Waals surface area contributed by atoms with E-state index in [9.17, 15) is 16.8 Å². The molecular formula is C15H21NO6S2. The highest BCUT2D eigenvalue weighted by Crippen LogP contribution is 2.33. The maximum Gasteiger partial charge on any atom is 0.183 e. The van der Waals surface area contributed by atoms with Crippen molar-refractivity contribution in [1.29, 1.82) is 0 Å². The fourth-order valence-electron chi connectivity index (χ4n) is 2.71. The number of hydrogen-bond donors (Lipinski definition) is 1. The van der Waals surface area contributed by atoms with Crippen LogP contribution in [-0.4, -0.2) is 60.4 Å². The van der Waals surface area contributed by atoms with Crippen molar-refractivity contribution in [2.24, 2.45) is 0 Å². The van der Waals surface area contributed by atoms with Gasteiger partial charge in [0.25, 0.3) is 0 Å². The Morgan fingerprint density at radius 3 is 2.50 bits per heavy atom. The molecule has 2 rings (SSSR count). The summed E-state index contributed by atoms with van der Waals surface area (Å²) in [5.41, 5.74) is 0. The Morgan fingerprint density at radius 2 is 1.92 bits per heavy atom. The highest BCUT2D eigenvalue weighted by atomic mass is 32.2. The Bertz CT molecular complexity index is 816. The van der Waals surface area contributed by atoms with Crippen molar-refractivity contribution in [2.45, 2.75) is 16.2 Å². The van der Waals surface area contributed by atoms with Gasteiger partial charge in [-0.2, -0.15) is 0 Å². The Hall–Kier alpha value is -1.58. The molecule has 1 aliphatic heterocycles. The van der Waals surface area contributed by atoms with Crippen molar-refractivity contribution in [2.75, 3.05) is 32.3 Å². The van der Waals surface area contributed by atoms with Crippen LogP contribution in [0.15, 0.2) is 35.7 Å². The molecule has 0 unspecified atom stereocenters. The van der Waals surface area contributed by atoms with Crippen molar-refractivity contribution in [3.63, 3.8) is 0 Å². The molecule has 9 heteroatoms. The summed E-state index contributed by atoms with van der Waals surface area (Å²) in [5.74, 6) is 0.0584. The molecule has 1 aliphatic rings. The Morgan fingerprint density at radius 1 is 1.25 bits per heavy atom. The minimum absolute atomic E-state index is 0.00709. The number of rotatable bonds is 7. The Balaban J connectivity index is 2.42. The van der Waals surface area contributed by atoms with Crippen LogP contribution < -0.4 is 14.8 Å². The van der Waals surface area contributed by atoms with Crippen LogP contribution in [0.4, 0.5) is 0 Å². The maximum absolute atomic E-state index is 12.9. The second-order valence-electron chi connectivity index (χ2n) is 5.48. The van der Waals surface area contributed by atoms with Gasteiger partial charge in [-0.15, -0.1) is 6.58 Å². The third-order valence-corrected chi connectivity index (χ3v) is 8.06. The zero-order valence-corrected chi connectivity index (χ0v) is 15.2. The normalized spacial score (nSPS) is 22.9. The van der Waals surface area contributed by atoms with Crippen molar-refractivity contribution < 1.29 is 26.3 Å². The molecule has 1 heterocycles. The van der Waals surface area contributed by atoms with E-state index < -0.39 is 36.7 Å². The van der Waals surface area contributed by atoms with Gasteiger partial charge in [-0.1, -0.05) is 6.08 Å². The Kier molecular flexibility index (Phi) is 5.56. The number of nitrogens with one attached hydrogen (secondary N) is 1. The van der Waals surface area contributed by atoms with Crippen molar-refractivity contribution in [3.8, 4) is 11.5 Å². The van der Waals surface area contributed by atoms with E-state index in [-0.39, 0.29) is 16.4 Å². The largest absolute Gasteiger partial charge is 0.493 e. The molecule has 0 amide bonds. The fraction of sp³-hybridized carbons (Fsp3) is 0.467. The van der Waals surface area contributed by atoms with Crippen LogP contribution >= 0.6 is 0 Å². The summed E-state index contributed by atoms with van der Waals surface area (Å²) >= 11 is 0. The SMILES string of the molecule is C=CCN[C@H]1CS(=O)(=O)C[C@@H]1S(=O)(=O)c1ccc(OC)c(OC)c1. The third kappa shape index (κ3) is 3.73. The predicted octanol–water partition coefficient (Wildman–Crippen LogP) is 0.419. The highest BCUT2D eigenvalue weighted by Gasteiger charge is 2.45. The zero-order valence-electron chi connectivity index (χ0n) is 13.6. The van der Waals surface area contributed by atoms with Crippen LogP contribution in [0.1, 0.15) is 0 Å². The van der Waals surface area contributed by atoms with Crippen LogP contribution in [0.2, 0.25) is 0 Å². The van der Waals surface area contributed by atoms with Gasteiger partial charge >= 0.3 is 0 Å². The molecule has 134 valence electrons. The molecule has 1 saturated heterocycles. The zero-order chi connectivity index (χ0) is 18.0. The quantitative estimate of drug-likeness (QED) is 0.690. The molecule has 1 N–H and O–H groups in total. The van der Waals surface area contributed by atoms with Crippen molar-refractivity contribution in [3.05, 3.63) is 30.9 Å². The molecule has 0 spiro atoms. The van der Waals surface area contributed by atoms with Gasteiger partial charge in [-0.05, 0) is 12.1 Å². The first-order valence-corrected chi connectivity index (χ1v) is 10.6. The average Bonchev–Trinajstić information content (AvgIpc) is 2.87. The van der Waals surface area contributed by atoms with Crippen LogP contribution in [-0.2, 0) is 19.7 Å². The van der Waals surface area contributed by atoms with Gasteiger partial charge in [0.05, 0.1) is 35.9 Å². The molecule has 1 aromatic rings. The monoisotopic (exact) mass is 375 g/mol. The Labute approximate surface area is 142 Å². The summed E-state index contributed by atoms with van der Waals surface area (Å²) in [7, 11) is -4.43. The minimum atomic E-state index is -3.86. The summed E-state index contributed by atoms with van der Waals surface area (Å²) in [4.78, 5) is 0.00709. The number of ether oxygens (including phenoxy) is 2. The lowest BCUT2D eigenvalue weighted by molar-refractivity contribution is 0.354. The standard InChI is InChI=1S/C15H21NO6S2/c1-4-7-16-12-9-23(17,18)10-15(12)24(19,20)11-5-6-13(21-2)14(8-11)22-3/h4-6,8,12,15-16H,1,7,9-10H2,2-3H3/t12-,15-/m0/s1. The highest BCUT2D eigenvalue weighted by molar-refractivity contribution is 7.96. The topological polar surface area (TPSA) is 98.8 Å². The summed E-state index contributed by atoms with van der Waals surface area (Å²) in [6.45, 7) is 3.88. The molecule has 24 heavy (non-hydrogen) atoms. The van der Waals surface area contributed by atoms with Gasteiger partial charge in [0.2, 0.25) is 0 Å². The van der Waals surface area contributed by atoms with Crippen LogP contribution in [0.5, 0.6) is 11.5 Å². The summed E-state index contributed by atoms with van der Waals surface area (Å²) in [6.07, 6.45) is 1.56. The fourth-order valence-corrected chi connectivity index (χ4v) is 7.44. The van der Waals surface area contributed by atoms with Crippen molar-refractivity contribution >= 4 is 19.7 Å². The first-order valence-electron chi connectivity index (χ1n) is 7.26. The molecular weight excluding hydrogens is 354 g/mol. The average molecular weight is 375 g/mol. The molecule has 7 nitrogen and oxygen atoms in total. The third-order valence-electron chi connectivity index (χ3n) is 3.91. The van der Waals surface area contributed by atoms with E-state index in [0.29, 0.717) is 12.3 Å². The lowest BCUT2D eigenvalue weighted by Crippen LogP contribution is -2.43. The van der Waals surface area contributed by atoms with Crippen molar-refractivity contribution in [1.82, 2.24) is 5.32 Å². The van der Waals surface area contributed by atoms with E-state index in [1.165, 1.54) is 32.4 Å². The molecule has 2 atom stereocenters. The number of methoxy groups -OCH3 is 2. The summed E-state index contributed by atoms with van der Waals surface area (Å²) in [6, 6.07) is 3.56. The number of sulfone groups is 2. The molecule has 1 fully saturated rings. The van der Waals surface area contributed by atoms with E-state index in [0.717, 1.165) is 0 Å². The smallest absolute Gasteiger partial charge is 0.183 e. The minimum Gasteiger partial charge on any atom is -0.493 e. The van der Waals surface area contributed by atoms with Crippen LogP contribution in [0.3, 0.4) is 0 Å². The lowest BCUT2D eigenvalue weighted by Gasteiger charge is -2.20. The van der Waals surface area contributed by atoms with E-state index >= 15 is 0 Å². The molecule has 0 bridgehead atoms. The predicted molar refractivity (Wildman–Crippen MR) is 91.2 cm³/mol. The molecule has 0 radical (unpaired) electrons. The maximum atomic E-state index is 12.9. The van der Waals surface area contributed by atoms with Gasteiger partial charge in [0.15, 0.2) is 31.2 Å². The van der Waals surface area contributed by atoms with Gasteiger partial charge in [-0.25, -0.2) is 16.8 Å². The summed E-state index contributed by atoms with van der Waals surface area (Å²) < 4.78 is 60.0. The molecule has 0 saturated carbocycles. The molecule has 0 aromatic heterocycles. The molecule has 0 aliphatic carbocycles. The van der Waals surface area contributed by atoms with Gasteiger partial charge in [0.1, 0.15) is 0 Å². The second kappa shape index (κ2) is 7.12. The van der Waals surface area contributed by atoms with Gasteiger partial charge in [-0.3, -0.25) is 0 Å². The first kappa shape index (κ1) is 18.8. The van der Waals surface area contributed by atoms with E-state index in [4.69, 9.17) is 9.47 Å². The first-order chi connectivity index (χ1) is 11.2. The number of benzene rings is 1. The molecule has 1 aromatic carbocycles.